The number of nitrogens with zero attached hydrogens (tertiary/aromatic N) is 1. The molecule has 3 aromatic carbocycles. The molecule has 3 aromatic rings. The molecule has 0 spiro atoms. The molecule has 1 heterocycles. The molecule has 1 fully saturated rings. The summed E-state index contributed by atoms with van der Waals surface area (Å²) in [5.74, 6) is -0.386. The largest absolute Gasteiger partial charge is 0.489 e. The first kappa shape index (κ1) is 20.5. The first-order valence-electron chi connectivity index (χ1n) is 10.4. The van der Waals surface area contributed by atoms with E-state index in [0.717, 1.165) is 49.8 Å². The Kier molecular flexibility index (Phi) is 6.72. The van der Waals surface area contributed by atoms with Gasteiger partial charge in [0.05, 0.1) is 6.04 Å². The summed E-state index contributed by atoms with van der Waals surface area (Å²) in [7, 11) is 0. The minimum absolute atomic E-state index is 0.350. The van der Waals surface area contributed by atoms with Gasteiger partial charge in [-0.05, 0) is 30.7 Å². The zero-order valence-corrected chi connectivity index (χ0v) is 16.9. The third-order valence-corrected chi connectivity index (χ3v) is 5.45. The van der Waals surface area contributed by atoms with Crippen molar-refractivity contribution in [2.45, 2.75) is 19.1 Å². The number of halogens is 2. The third kappa shape index (κ3) is 4.86. The van der Waals surface area contributed by atoms with E-state index in [4.69, 9.17) is 4.74 Å². The average Bonchev–Trinajstić information content (AvgIpc) is 3.05. The van der Waals surface area contributed by atoms with Crippen molar-refractivity contribution >= 4 is 0 Å². The van der Waals surface area contributed by atoms with Gasteiger partial charge in [0.25, 0.3) is 0 Å². The van der Waals surface area contributed by atoms with E-state index in [1.165, 1.54) is 6.07 Å². The molecule has 5 heteroatoms. The van der Waals surface area contributed by atoms with Crippen molar-refractivity contribution in [3.05, 3.63) is 101 Å². The number of ether oxygens (including phenoxy) is 1. The minimum atomic E-state index is -0.568. The van der Waals surface area contributed by atoms with Crippen LogP contribution in [0.5, 0.6) is 5.75 Å². The Morgan fingerprint density at radius 1 is 0.867 bits per heavy atom. The van der Waals surface area contributed by atoms with Gasteiger partial charge in [0.15, 0.2) is 0 Å². The van der Waals surface area contributed by atoms with Crippen LogP contribution in [0, 0.1) is 11.6 Å². The summed E-state index contributed by atoms with van der Waals surface area (Å²) in [6.07, 6.45) is 0.965. The van der Waals surface area contributed by atoms with Gasteiger partial charge in [-0.2, -0.15) is 0 Å². The lowest BCUT2D eigenvalue weighted by molar-refractivity contribution is 0.226. The quantitative estimate of drug-likeness (QED) is 0.626. The molecule has 1 aliphatic rings. The molecule has 1 aliphatic heterocycles. The molecule has 0 aliphatic carbocycles. The molecule has 30 heavy (non-hydrogen) atoms. The fraction of sp³-hybridized carbons (Fsp3) is 0.280. The van der Waals surface area contributed by atoms with Crippen LogP contribution in [0.3, 0.4) is 0 Å². The van der Waals surface area contributed by atoms with Crippen molar-refractivity contribution in [1.82, 2.24) is 10.2 Å². The lowest BCUT2D eigenvalue weighted by Gasteiger charge is -2.32. The lowest BCUT2D eigenvalue weighted by atomic mass is 9.95. The van der Waals surface area contributed by atoms with Crippen molar-refractivity contribution in [2.75, 3.05) is 26.2 Å². The van der Waals surface area contributed by atoms with Gasteiger partial charge in [0.1, 0.15) is 24.0 Å². The second-order valence-electron chi connectivity index (χ2n) is 7.52. The maximum absolute atomic E-state index is 14.9. The molecule has 0 amide bonds. The molecule has 0 aromatic heterocycles. The second-order valence-corrected chi connectivity index (χ2v) is 7.52. The summed E-state index contributed by atoms with van der Waals surface area (Å²) in [6, 6.07) is 21.2. The maximum atomic E-state index is 14.9. The van der Waals surface area contributed by atoms with Crippen molar-refractivity contribution < 1.29 is 13.5 Å². The SMILES string of the molecule is Fc1ccc(C(c2ccccc2OCc2ccccc2)N2CCCNCC2)c(F)c1. The van der Waals surface area contributed by atoms with Crippen LogP contribution in [0.1, 0.15) is 29.2 Å². The van der Waals surface area contributed by atoms with Crippen LogP contribution in [0.15, 0.2) is 72.8 Å². The van der Waals surface area contributed by atoms with E-state index in [1.807, 2.05) is 54.6 Å². The van der Waals surface area contributed by atoms with Crippen LogP contribution in [-0.4, -0.2) is 31.1 Å². The van der Waals surface area contributed by atoms with Crippen molar-refractivity contribution in [3.63, 3.8) is 0 Å². The molecule has 0 bridgehead atoms. The molecule has 0 saturated carbocycles. The van der Waals surface area contributed by atoms with Crippen LogP contribution >= 0.6 is 0 Å². The Morgan fingerprint density at radius 2 is 1.67 bits per heavy atom. The second kappa shape index (κ2) is 9.83. The topological polar surface area (TPSA) is 24.5 Å². The number of hydrogen-bond donors (Lipinski definition) is 1. The number of rotatable bonds is 6. The molecule has 1 unspecified atom stereocenters. The number of benzene rings is 3. The maximum Gasteiger partial charge on any atom is 0.131 e. The van der Waals surface area contributed by atoms with Crippen LogP contribution in [0.25, 0.3) is 0 Å². The Hall–Kier alpha value is -2.76. The zero-order chi connectivity index (χ0) is 20.8. The first-order chi connectivity index (χ1) is 14.7. The van der Waals surface area contributed by atoms with Gasteiger partial charge in [-0.3, -0.25) is 4.90 Å². The Bertz CT molecular complexity index is 956. The molecule has 1 atom stereocenters. The van der Waals surface area contributed by atoms with E-state index in [-0.39, 0.29) is 6.04 Å². The fourth-order valence-corrected chi connectivity index (χ4v) is 3.98. The van der Waals surface area contributed by atoms with E-state index in [1.54, 1.807) is 6.07 Å². The van der Waals surface area contributed by atoms with Crippen LogP contribution in [0.4, 0.5) is 8.78 Å². The van der Waals surface area contributed by atoms with Crippen LogP contribution in [-0.2, 0) is 6.61 Å². The predicted molar refractivity (Wildman–Crippen MR) is 114 cm³/mol. The zero-order valence-electron chi connectivity index (χ0n) is 16.9. The van der Waals surface area contributed by atoms with Gasteiger partial charge in [-0.1, -0.05) is 54.6 Å². The number of para-hydroxylation sites is 1. The molecule has 156 valence electrons. The van der Waals surface area contributed by atoms with E-state index in [2.05, 4.69) is 10.2 Å². The van der Waals surface area contributed by atoms with Gasteiger partial charge >= 0.3 is 0 Å². The molecular formula is C25H26F2N2O. The standard InChI is InChI=1S/C25H26F2N2O/c26-20-11-12-21(23(27)17-20)25(29-15-6-13-28-14-16-29)22-9-4-5-10-24(22)30-18-19-7-2-1-3-8-19/h1-5,7-12,17,25,28H,6,13-16,18H2. The van der Waals surface area contributed by atoms with Crippen molar-refractivity contribution in [3.8, 4) is 5.75 Å². The van der Waals surface area contributed by atoms with Gasteiger partial charge in [0.2, 0.25) is 0 Å². The van der Waals surface area contributed by atoms with E-state index in [9.17, 15) is 8.78 Å². The Labute approximate surface area is 176 Å². The highest BCUT2D eigenvalue weighted by Crippen LogP contribution is 2.36. The smallest absolute Gasteiger partial charge is 0.131 e. The summed E-state index contributed by atoms with van der Waals surface area (Å²) in [4.78, 5) is 2.25. The lowest BCUT2D eigenvalue weighted by Crippen LogP contribution is -2.33. The van der Waals surface area contributed by atoms with Crippen molar-refractivity contribution in [2.24, 2.45) is 0 Å². The van der Waals surface area contributed by atoms with Crippen LogP contribution in [0.2, 0.25) is 0 Å². The highest BCUT2D eigenvalue weighted by atomic mass is 19.1. The molecule has 3 nitrogen and oxygen atoms in total. The third-order valence-electron chi connectivity index (χ3n) is 5.45. The van der Waals surface area contributed by atoms with E-state index >= 15 is 0 Å². The fourth-order valence-electron chi connectivity index (χ4n) is 3.98. The summed E-state index contributed by atoms with van der Waals surface area (Å²) < 4.78 is 34.7. The number of nitrogens with one attached hydrogen (secondary N) is 1. The summed E-state index contributed by atoms with van der Waals surface area (Å²) in [6.45, 7) is 3.78. The molecular weight excluding hydrogens is 382 g/mol. The molecule has 4 rings (SSSR count). The van der Waals surface area contributed by atoms with E-state index in [0.29, 0.717) is 17.9 Å². The van der Waals surface area contributed by atoms with Gasteiger partial charge in [-0.25, -0.2) is 8.78 Å². The van der Waals surface area contributed by atoms with Crippen molar-refractivity contribution in [1.29, 1.82) is 0 Å². The van der Waals surface area contributed by atoms with E-state index < -0.39 is 11.6 Å². The molecule has 1 saturated heterocycles. The first-order valence-corrected chi connectivity index (χ1v) is 10.4. The summed E-state index contributed by atoms with van der Waals surface area (Å²) >= 11 is 0. The summed E-state index contributed by atoms with van der Waals surface area (Å²) in [5, 5.41) is 3.39. The highest BCUT2D eigenvalue weighted by molar-refractivity contribution is 5.42. The van der Waals surface area contributed by atoms with Gasteiger partial charge in [-0.15, -0.1) is 0 Å². The normalized spacial score (nSPS) is 16.1. The Morgan fingerprint density at radius 3 is 2.50 bits per heavy atom. The molecule has 0 radical (unpaired) electrons. The van der Waals surface area contributed by atoms with Crippen LogP contribution < -0.4 is 10.1 Å². The minimum Gasteiger partial charge on any atom is -0.489 e. The highest BCUT2D eigenvalue weighted by Gasteiger charge is 2.28. The average molecular weight is 408 g/mol. The summed E-state index contributed by atoms with van der Waals surface area (Å²) in [5.41, 5.74) is 2.42. The predicted octanol–water partition coefficient (Wildman–Crippen LogP) is 4.93. The van der Waals surface area contributed by atoms with Gasteiger partial charge < -0.3 is 10.1 Å². The van der Waals surface area contributed by atoms with Gasteiger partial charge in [0, 0.05) is 36.8 Å². The molecule has 1 N–H and O–H groups in total. The Balaban J connectivity index is 1.71. The monoisotopic (exact) mass is 408 g/mol. The number of hydrogen-bond acceptors (Lipinski definition) is 3.